The molecule has 0 radical (unpaired) electrons. The van der Waals surface area contributed by atoms with E-state index in [9.17, 15) is 13.2 Å². The number of anilines is 2. The first-order valence-electron chi connectivity index (χ1n) is 8.27. The van der Waals surface area contributed by atoms with Crippen LogP contribution in [0.3, 0.4) is 0 Å². The Labute approximate surface area is 190 Å². The number of nitrogens with zero attached hydrogens (tertiary/aromatic N) is 1. The second kappa shape index (κ2) is 9.51. The van der Waals surface area contributed by atoms with Crippen LogP contribution in [-0.2, 0) is 10.0 Å². The number of thiazole rings is 1. The fraction of sp³-hybridized carbons (Fsp3) is 0.0556. The number of rotatable bonds is 6. The molecular formula is C18H15BrN4O4S3. The minimum absolute atomic E-state index is 0.0706. The van der Waals surface area contributed by atoms with Crippen molar-refractivity contribution < 1.29 is 17.9 Å². The van der Waals surface area contributed by atoms with E-state index in [4.69, 9.17) is 17.0 Å². The summed E-state index contributed by atoms with van der Waals surface area (Å²) in [5.74, 6) is 0.203. The highest BCUT2D eigenvalue weighted by Gasteiger charge is 2.16. The average molecular weight is 527 g/mol. The highest BCUT2D eigenvalue weighted by atomic mass is 79.9. The summed E-state index contributed by atoms with van der Waals surface area (Å²) in [6, 6.07) is 10.8. The van der Waals surface area contributed by atoms with Gasteiger partial charge in [0.15, 0.2) is 10.2 Å². The summed E-state index contributed by atoms with van der Waals surface area (Å²) in [5.41, 5.74) is 0.908. The second-order valence-electron chi connectivity index (χ2n) is 5.72. The maximum atomic E-state index is 12.3. The van der Waals surface area contributed by atoms with E-state index in [-0.39, 0.29) is 15.1 Å². The molecule has 1 heterocycles. The number of thiocarbonyl (C=S) groups is 1. The van der Waals surface area contributed by atoms with Gasteiger partial charge >= 0.3 is 0 Å². The number of ether oxygens (including phenoxy) is 1. The molecule has 3 N–H and O–H groups in total. The molecular weight excluding hydrogens is 512 g/mol. The van der Waals surface area contributed by atoms with E-state index in [1.54, 1.807) is 35.7 Å². The van der Waals surface area contributed by atoms with Gasteiger partial charge < -0.3 is 10.1 Å². The Hall–Kier alpha value is -2.54. The number of carbonyl (C=O) groups excluding carboxylic acids is 1. The monoisotopic (exact) mass is 526 g/mol. The largest absolute Gasteiger partial charge is 0.496 e. The number of hydrogen-bond acceptors (Lipinski definition) is 7. The van der Waals surface area contributed by atoms with Gasteiger partial charge in [0, 0.05) is 22.8 Å². The molecule has 2 aromatic carbocycles. The summed E-state index contributed by atoms with van der Waals surface area (Å²) in [5, 5.41) is 7.44. The lowest BCUT2D eigenvalue weighted by Gasteiger charge is -2.11. The average Bonchev–Trinajstić information content (AvgIpc) is 3.20. The Morgan fingerprint density at radius 1 is 1.20 bits per heavy atom. The van der Waals surface area contributed by atoms with Crippen LogP contribution in [0.1, 0.15) is 10.4 Å². The van der Waals surface area contributed by atoms with Gasteiger partial charge in [0.05, 0.1) is 16.5 Å². The Balaban J connectivity index is 1.61. The molecule has 0 saturated heterocycles. The van der Waals surface area contributed by atoms with Gasteiger partial charge in [-0.1, -0.05) is 0 Å². The zero-order valence-corrected chi connectivity index (χ0v) is 19.4. The van der Waals surface area contributed by atoms with Crippen molar-refractivity contribution in [2.75, 3.05) is 17.1 Å². The Morgan fingerprint density at radius 2 is 1.93 bits per heavy atom. The van der Waals surface area contributed by atoms with E-state index in [0.29, 0.717) is 21.5 Å². The Bertz CT molecular complexity index is 1170. The number of methoxy groups -OCH3 is 1. The Kier molecular flexibility index (Phi) is 7.02. The standard InChI is InChI=1S/C18H15BrN4O4S3/c1-27-15-7-2-11(10-14(15)19)16(24)22-17(28)21-12-3-5-13(6-4-12)30(25,26)23-18-20-8-9-29-18/h2-10H,1H3,(H,20,23)(H2,21,22,24,28). The van der Waals surface area contributed by atoms with E-state index in [1.807, 2.05) is 0 Å². The first-order chi connectivity index (χ1) is 14.3. The van der Waals surface area contributed by atoms with Crippen molar-refractivity contribution in [2.24, 2.45) is 0 Å². The van der Waals surface area contributed by atoms with Crippen LogP contribution in [0.5, 0.6) is 5.75 Å². The number of benzene rings is 2. The molecule has 3 aromatic rings. The van der Waals surface area contributed by atoms with Crippen molar-refractivity contribution >= 4 is 71.3 Å². The van der Waals surface area contributed by atoms with Gasteiger partial charge in [-0.05, 0) is 70.6 Å². The van der Waals surface area contributed by atoms with Crippen LogP contribution in [0.4, 0.5) is 10.8 Å². The topological polar surface area (TPSA) is 109 Å². The van der Waals surface area contributed by atoms with Gasteiger partial charge in [-0.15, -0.1) is 11.3 Å². The van der Waals surface area contributed by atoms with Crippen LogP contribution in [0.2, 0.25) is 0 Å². The molecule has 0 spiro atoms. The predicted molar refractivity (Wildman–Crippen MR) is 124 cm³/mol. The normalized spacial score (nSPS) is 10.9. The van der Waals surface area contributed by atoms with Crippen LogP contribution in [0.25, 0.3) is 0 Å². The summed E-state index contributed by atoms with van der Waals surface area (Å²) >= 11 is 9.67. The predicted octanol–water partition coefficient (Wildman–Crippen LogP) is 3.84. The molecule has 0 aliphatic carbocycles. The van der Waals surface area contributed by atoms with Crippen molar-refractivity contribution in [3.05, 3.63) is 64.1 Å². The van der Waals surface area contributed by atoms with Crippen molar-refractivity contribution in [3.63, 3.8) is 0 Å². The molecule has 0 aliphatic heterocycles. The van der Waals surface area contributed by atoms with Crippen LogP contribution in [0, 0.1) is 0 Å². The summed E-state index contributed by atoms with van der Waals surface area (Å²) in [6.45, 7) is 0. The van der Waals surface area contributed by atoms with Crippen LogP contribution >= 0.6 is 39.5 Å². The van der Waals surface area contributed by atoms with Gasteiger partial charge in [0.25, 0.3) is 15.9 Å². The number of aromatic nitrogens is 1. The molecule has 0 aliphatic rings. The van der Waals surface area contributed by atoms with E-state index in [1.165, 1.54) is 36.8 Å². The number of amides is 1. The summed E-state index contributed by atoms with van der Waals surface area (Å²) in [4.78, 5) is 16.3. The molecule has 30 heavy (non-hydrogen) atoms. The minimum atomic E-state index is -3.74. The number of carbonyl (C=O) groups is 1. The third-order valence-electron chi connectivity index (χ3n) is 3.72. The van der Waals surface area contributed by atoms with Gasteiger partial charge in [0.1, 0.15) is 5.75 Å². The highest BCUT2D eigenvalue weighted by Crippen LogP contribution is 2.25. The summed E-state index contributed by atoms with van der Waals surface area (Å²) in [7, 11) is -2.21. The third-order valence-corrected chi connectivity index (χ3v) is 6.71. The summed E-state index contributed by atoms with van der Waals surface area (Å²) < 4.78 is 32.9. The fourth-order valence-electron chi connectivity index (χ4n) is 2.31. The maximum Gasteiger partial charge on any atom is 0.263 e. The second-order valence-corrected chi connectivity index (χ2v) is 9.56. The molecule has 12 heteroatoms. The molecule has 0 saturated carbocycles. The molecule has 0 atom stereocenters. The quantitative estimate of drug-likeness (QED) is 0.418. The number of nitrogens with one attached hydrogen (secondary N) is 3. The van der Waals surface area contributed by atoms with Crippen LogP contribution < -0.4 is 20.1 Å². The molecule has 156 valence electrons. The molecule has 0 bridgehead atoms. The van der Waals surface area contributed by atoms with Gasteiger partial charge in [0.2, 0.25) is 0 Å². The lowest BCUT2D eigenvalue weighted by Crippen LogP contribution is -2.34. The van der Waals surface area contributed by atoms with Crippen LogP contribution in [0.15, 0.2) is 63.4 Å². The van der Waals surface area contributed by atoms with E-state index in [2.05, 4.69) is 36.3 Å². The zero-order valence-electron chi connectivity index (χ0n) is 15.4. The molecule has 3 rings (SSSR count). The van der Waals surface area contributed by atoms with Crippen molar-refractivity contribution in [1.82, 2.24) is 10.3 Å². The summed E-state index contributed by atoms with van der Waals surface area (Å²) in [6.07, 6.45) is 1.51. The van der Waals surface area contributed by atoms with E-state index >= 15 is 0 Å². The van der Waals surface area contributed by atoms with Crippen LogP contribution in [-0.4, -0.2) is 31.5 Å². The number of hydrogen-bond donors (Lipinski definition) is 3. The lowest BCUT2D eigenvalue weighted by molar-refractivity contribution is 0.0977. The molecule has 0 fully saturated rings. The van der Waals surface area contributed by atoms with Gasteiger partial charge in [-0.25, -0.2) is 13.4 Å². The first kappa shape index (κ1) is 22.2. The SMILES string of the molecule is COc1ccc(C(=O)NC(=S)Nc2ccc(S(=O)(=O)Nc3nccs3)cc2)cc1Br. The minimum Gasteiger partial charge on any atom is -0.496 e. The number of halogens is 1. The molecule has 0 unspecified atom stereocenters. The molecule has 1 aromatic heterocycles. The van der Waals surface area contributed by atoms with E-state index in [0.717, 1.165) is 0 Å². The Morgan fingerprint density at radius 3 is 2.53 bits per heavy atom. The first-order valence-corrected chi connectivity index (χ1v) is 11.8. The van der Waals surface area contributed by atoms with Gasteiger partial charge in [-0.2, -0.15) is 0 Å². The smallest absolute Gasteiger partial charge is 0.263 e. The molecule has 8 nitrogen and oxygen atoms in total. The van der Waals surface area contributed by atoms with Crippen molar-refractivity contribution in [2.45, 2.75) is 4.90 Å². The van der Waals surface area contributed by atoms with Crippen molar-refractivity contribution in [3.8, 4) is 5.75 Å². The number of sulfonamides is 1. The zero-order chi connectivity index (χ0) is 21.7. The highest BCUT2D eigenvalue weighted by molar-refractivity contribution is 9.10. The third kappa shape index (κ3) is 5.53. The van der Waals surface area contributed by atoms with Gasteiger partial charge in [-0.3, -0.25) is 14.8 Å². The molecule has 1 amide bonds. The maximum absolute atomic E-state index is 12.3. The fourth-order valence-corrected chi connectivity index (χ4v) is 4.85. The lowest BCUT2D eigenvalue weighted by atomic mass is 10.2. The van der Waals surface area contributed by atoms with E-state index < -0.39 is 15.9 Å². The van der Waals surface area contributed by atoms with Crippen molar-refractivity contribution in [1.29, 1.82) is 0 Å².